The normalized spacial score (nSPS) is 33.7. The molecule has 0 bridgehead atoms. The molecule has 0 N–H and O–H groups in total. The Kier molecular flexibility index (Phi) is 2.34. The van der Waals surface area contributed by atoms with E-state index in [4.69, 9.17) is 4.74 Å². The summed E-state index contributed by atoms with van der Waals surface area (Å²) in [5.41, 5.74) is 0.370. The van der Waals surface area contributed by atoms with Gasteiger partial charge in [0.05, 0.1) is 12.7 Å². The number of rotatable bonds is 2. The van der Waals surface area contributed by atoms with Crippen molar-refractivity contribution in [3.05, 3.63) is 0 Å². The fourth-order valence-electron chi connectivity index (χ4n) is 2.29. The number of ether oxygens (including phenoxy) is 1. The fourth-order valence-corrected chi connectivity index (χ4v) is 2.29. The van der Waals surface area contributed by atoms with Gasteiger partial charge in [0, 0.05) is 18.6 Å². The van der Waals surface area contributed by atoms with Crippen LogP contribution >= 0.6 is 0 Å². The fraction of sp³-hybridized carbons (Fsp3) is 1.00. The molecule has 0 amide bonds. The largest absolute Gasteiger partial charge is 0.374 e. The van der Waals surface area contributed by atoms with E-state index in [0.717, 1.165) is 19.7 Å². The molecule has 3 nitrogen and oxygen atoms in total. The molecule has 0 aromatic rings. The van der Waals surface area contributed by atoms with Crippen LogP contribution in [0.1, 0.15) is 12.8 Å². The third kappa shape index (κ3) is 1.60. The van der Waals surface area contributed by atoms with Crippen LogP contribution < -0.4 is 0 Å². The predicted octanol–water partition coefficient (Wildman–Crippen LogP) is 0.411. The van der Waals surface area contributed by atoms with E-state index in [0.29, 0.717) is 11.6 Å². The molecule has 76 valence electrons. The molecule has 0 radical (unpaired) electrons. The Morgan fingerprint density at radius 1 is 1.38 bits per heavy atom. The lowest BCUT2D eigenvalue weighted by atomic mass is 10.1. The Hall–Kier alpha value is -0.120. The van der Waals surface area contributed by atoms with Gasteiger partial charge in [0.15, 0.2) is 0 Å². The quantitative estimate of drug-likeness (QED) is 0.618. The Labute approximate surface area is 80.6 Å². The monoisotopic (exact) mass is 184 g/mol. The minimum Gasteiger partial charge on any atom is -0.374 e. The van der Waals surface area contributed by atoms with Gasteiger partial charge < -0.3 is 14.5 Å². The van der Waals surface area contributed by atoms with Crippen molar-refractivity contribution in [1.29, 1.82) is 0 Å². The van der Waals surface area contributed by atoms with Gasteiger partial charge in [-0.2, -0.15) is 0 Å². The summed E-state index contributed by atoms with van der Waals surface area (Å²) in [6.45, 7) is 3.08. The molecule has 13 heavy (non-hydrogen) atoms. The van der Waals surface area contributed by atoms with Crippen molar-refractivity contribution in [1.82, 2.24) is 9.80 Å². The standard InChI is InChI=1S/C10H20N2O/c1-11(2)10(4-5-10)9-8-12(3)6-7-13-9/h9H,4-8H2,1-3H3/t9-/m1/s1. The molecular weight excluding hydrogens is 164 g/mol. The van der Waals surface area contributed by atoms with Crippen molar-refractivity contribution in [3.63, 3.8) is 0 Å². The molecule has 0 aromatic heterocycles. The first-order valence-electron chi connectivity index (χ1n) is 5.13. The van der Waals surface area contributed by atoms with Crippen LogP contribution in [0.3, 0.4) is 0 Å². The molecule has 2 aliphatic rings. The summed E-state index contributed by atoms with van der Waals surface area (Å²) in [7, 11) is 6.52. The first-order chi connectivity index (χ1) is 6.15. The Balaban J connectivity index is 1.99. The topological polar surface area (TPSA) is 15.7 Å². The molecule has 0 unspecified atom stereocenters. The summed E-state index contributed by atoms with van der Waals surface area (Å²) in [6, 6.07) is 0. The smallest absolute Gasteiger partial charge is 0.0885 e. The summed E-state index contributed by atoms with van der Waals surface area (Å²) >= 11 is 0. The molecule has 2 fully saturated rings. The number of likely N-dealkylation sites (N-methyl/N-ethyl adjacent to an activating group) is 2. The van der Waals surface area contributed by atoms with E-state index in [1.165, 1.54) is 12.8 Å². The molecule has 1 saturated carbocycles. The molecule has 1 atom stereocenters. The van der Waals surface area contributed by atoms with E-state index >= 15 is 0 Å². The Morgan fingerprint density at radius 3 is 2.54 bits per heavy atom. The average molecular weight is 184 g/mol. The molecule has 1 aliphatic heterocycles. The summed E-state index contributed by atoms with van der Waals surface area (Å²) in [6.07, 6.45) is 3.04. The second kappa shape index (κ2) is 3.23. The molecule has 1 saturated heterocycles. The summed E-state index contributed by atoms with van der Waals surface area (Å²) < 4.78 is 5.85. The molecule has 2 rings (SSSR count). The third-order valence-corrected chi connectivity index (χ3v) is 3.52. The van der Waals surface area contributed by atoms with Gasteiger partial charge in [-0.15, -0.1) is 0 Å². The van der Waals surface area contributed by atoms with Gasteiger partial charge in [0.25, 0.3) is 0 Å². The van der Waals surface area contributed by atoms with Crippen LogP contribution in [0.25, 0.3) is 0 Å². The van der Waals surface area contributed by atoms with Crippen molar-refractivity contribution in [2.24, 2.45) is 0 Å². The van der Waals surface area contributed by atoms with E-state index in [1.807, 2.05) is 0 Å². The second-order valence-electron chi connectivity index (χ2n) is 4.62. The maximum atomic E-state index is 5.85. The zero-order chi connectivity index (χ0) is 9.47. The van der Waals surface area contributed by atoms with Gasteiger partial charge >= 0.3 is 0 Å². The summed E-state index contributed by atoms with van der Waals surface area (Å²) in [5.74, 6) is 0. The van der Waals surface area contributed by atoms with Gasteiger partial charge in [-0.05, 0) is 34.0 Å². The SMILES string of the molecule is CN1CCO[C@@H](C2(N(C)C)CC2)C1. The second-order valence-corrected chi connectivity index (χ2v) is 4.62. The Bertz CT molecular complexity index is 189. The molecule has 0 aromatic carbocycles. The van der Waals surface area contributed by atoms with Crippen molar-refractivity contribution in [2.45, 2.75) is 24.5 Å². The van der Waals surface area contributed by atoms with Crippen LogP contribution in [0.4, 0.5) is 0 Å². The van der Waals surface area contributed by atoms with Gasteiger partial charge in [0.2, 0.25) is 0 Å². The molecular formula is C10H20N2O. The van der Waals surface area contributed by atoms with E-state index in [2.05, 4.69) is 30.9 Å². The van der Waals surface area contributed by atoms with E-state index in [9.17, 15) is 0 Å². The van der Waals surface area contributed by atoms with Crippen molar-refractivity contribution < 1.29 is 4.74 Å². The zero-order valence-electron chi connectivity index (χ0n) is 8.92. The van der Waals surface area contributed by atoms with Crippen LogP contribution in [0.5, 0.6) is 0 Å². The van der Waals surface area contributed by atoms with E-state index < -0.39 is 0 Å². The van der Waals surface area contributed by atoms with Gasteiger partial charge in [-0.3, -0.25) is 0 Å². The van der Waals surface area contributed by atoms with Crippen LogP contribution in [-0.4, -0.2) is 62.3 Å². The number of hydrogen-bond donors (Lipinski definition) is 0. The van der Waals surface area contributed by atoms with Crippen LogP contribution in [-0.2, 0) is 4.74 Å². The average Bonchev–Trinajstić information content (AvgIpc) is 2.83. The lowest BCUT2D eigenvalue weighted by Gasteiger charge is -2.38. The minimum atomic E-state index is 0.370. The molecule has 0 spiro atoms. The minimum absolute atomic E-state index is 0.370. The highest BCUT2D eigenvalue weighted by atomic mass is 16.5. The lowest BCUT2D eigenvalue weighted by molar-refractivity contribution is -0.0662. The lowest BCUT2D eigenvalue weighted by Crippen LogP contribution is -2.52. The molecule has 1 heterocycles. The highest BCUT2D eigenvalue weighted by Crippen LogP contribution is 2.45. The van der Waals surface area contributed by atoms with Crippen molar-refractivity contribution in [3.8, 4) is 0 Å². The van der Waals surface area contributed by atoms with E-state index in [-0.39, 0.29) is 0 Å². The highest BCUT2D eigenvalue weighted by Gasteiger charge is 2.52. The van der Waals surface area contributed by atoms with Crippen LogP contribution in [0.15, 0.2) is 0 Å². The maximum absolute atomic E-state index is 5.85. The zero-order valence-corrected chi connectivity index (χ0v) is 8.92. The van der Waals surface area contributed by atoms with Crippen LogP contribution in [0, 0.1) is 0 Å². The predicted molar refractivity (Wildman–Crippen MR) is 52.9 cm³/mol. The van der Waals surface area contributed by atoms with Crippen LogP contribution in [0.2, 0.25) is 0 Å². The molecule has 3 heteroatoms. The van der Waals surface area contributed by atoms with Gasteiger partial charge in [0.1, 0.15) is 0 Å². The first kappa shape index (κ1) is 9.44. The summed E-state index contributed by atoms with van der Waals surface area (Å²) in [4.78, 5) is 4.72. The highest BCUT2D eigenvalue weighted by molar-refractivity contribution is 5.09. The van der Waals surface area contributed by atoms with Gasteiger partial charge in [-0.1, -0.05) is 0 Å². The number of hydrogen-bond acceptors (Lipinski definition) is 3. The summed E-state index contributed by atoms with van der Waals surface area (Å²) in [5, 5.41) is 0. The maximum Gasteiger partial charge on any atom is 0.0885 e. The van der Waals surface area contributed by atoms with Crippen molar-refractivity contribution in [2.75, 3.05) is 40.8 Å². The van der Waals surface area contributed by atoms with Gasteiger partial charge in [-0.25, -0.2) is 0 Å². The number of morpholine rings is 1. The third-order valence-electron chi connectivity index (χ3n) is 3.52. The van der Waals surface area contributed by atoms with E-state index in [1.54, 1.807) is 0 Å². The Morgan fingerprint density at radius 2 is 2.08 bits per heavy atom. The molecule has 1 aliphatic carbocycles. The van der Waals surface area contributed by atoms with Crippen molar-refractivity contribution >= 4 is 0 Å². The number of nitrogens with zero attached hydrogens (tertiary/aromatic N) is 2. The first-order valence-corrected chi connectivity index (χ1v) is 5.13.